The quantitative estimate of drug-likeness (QED) is 0.546. The van der Waals surface area contributed by atoms with Crippen molar-refractivity contribution >= 4 is 47.9 Å². The first-order valence-corrected chi connectivity index (χ1v) is 9.76. The van der Waals surface area contributed by atoms with Crippen LogP contribution in [0.15, 0.2) is 60.7 Å². The van der Waals surface area contributed by atoms with Crippen molar-refractivity contribution in [1.82, 2.24) is 4.90 Å². The van der Waals surface area contributed by atoms with Gasteiger partial charge < -0.3 is 14.9 Å². The molecule has 0 spiro atoms. The second-order valence-corrected chi connectivity index (χ2v) is 7.08. The lowest BCUT2D eigenvalue weighted by Crippen LogP contribution is -2.48. The zero-order valence-corrected chi connectivity index (χ0v) is 18.0. The summed E-state index contributed by atoms with van der Waals surface area (Å²) in [6, 6.07) is 14.8. The Bertz CT molecular complexity index is 974. The summed E-state index contributed by atoms with van der Waals surface area (Å²) in [7, 11) is 0. The summed E-state index contributed by atoms with van der Waals surface area (Å²) < 4.78 is 0. The number of anilines is 1. The highest BCUT2D eigenvalue weighted by atomic mass is 35.5. The number of carboxylic acids is 1. The van der Waals surface area contributed by atoms with E-state index in [4.69, 9.17) is 5.11 Å². The summed E-state index contributed by atoms with van der Waals surface area (Å²) in [6.07, 6.45) is 5.87. The van der Waals surface area contributed by atoms with Gasteiger partial charge in [-0.05, 0) is 47.5 Å². The molecule has 6 nitrogen and oxygen atoms in total. The molecule has 1 heterocycles. The average molecular weight is 441 g/mol. The minimum Gasteiger partial charge on any atom is -0.478 e. The van der Waals surface area contributed by atoms with E-state index in [2.05, 4.69) is 4.90 Å². The van der Waals surface area contributed by atoms with Gasteiger partial charge in [-0.15, -0.1) is 12.4 Å². The number of allylic oxidation sites excluding steroid dienone is 1. The van der Waals surface area contributed by atoms with Crippen LogP contribution in [0.1, 0.15) is 28.4 Å². The number of carboxylic acid groups (broad SMARTS) is 1. The number of carbonyl (C=O) groups is 3. The van der Waals surface area contributed by atoms with Crippen LogP contribution in [0.5, 0.6) is 0 Å². The fourth-order valence-electron chi connectivity index (χ4n) is 3.27. The molecule has 2 aromatic carbocycles. The maximum absolute atomic E-state index is 12.4. The lowest BCUT2D eigenvalue weighted by atomic mass is 10.1. The normalized spacial score (nSPS) is 14.0. The first-order valence-electron chi connectivity index (χ1n) is 9.76. The number of nitrogens with zero attached hydrogens (tertiary/aromatic N) is 2. The fraction of sp³-hybridized carbons (Fsp3) is 0.208. The summed E-state index contributed by atoms with van der Waals surface area (Å²) in [5, 5.41) is 8.65. The van der Waals surface area contributed by atoms with Gasteiger partial charge >= 0.3 is 5.97 Å². The predicted octanol–water partition coefficient (Wildman–Crippen LogP) is 3.77. The van der Waals surface area contributed by atoms with Crippen LogP contribution < -0.4 is 4.90 Å². The molecule has 1 N–H and O–H groups in total. The lowest BCUT2D eigenvalue weighted by molar-refractivity contribution is -0.131. The van der Waals surface area contributed by atoms with Crippen LogP contribution in [0.3, 0.4) is 0 Å². The van der Waals surface area contributed by atoms with Crippen molar-refractivity contribution in [2.45, 2.75) is 6.92 Å². The molecule has 0 bridgehead atoms. The Hall–Kier alpha value is -3.38. The monoisotopic (exact) mass is 440 g/mol. The van der Waals surface area contributed by atoms with Crippen molar-refractivity contribution in [1.29, 1.82) is 0 Å². The van der Waals surface area contributed by atoms with Crippen LogP contribution >= 0.6 is 12.4 Å². The van der Waals surface area contributed by atoms with E-state index in [1.54, 1.807) is 25.1 Å². The molecule has 0 unspecified atom stereocenters. The molecular weight excluding hydrogens is 416 g/mol. The van der Waals surface area contributed by atoms with Crippen LogP contribution in [0.25, 0.3) is 12.2 Å². The van der Waals surface area contributed by atoms with Crippen LogP contribution in [-0.4, -0.2) is 53.8 Å². The first-order chi connectivity index (χ1) is 14.4. The van der Waals surface area contributed by atoms with Gasteiger partial charge in [-0.1, -0.05) is 30.3 Å². The Morgan fingerprint density at radius 2 is 1.32 bits per heavy atom. The molecule has 1 aliphatic heterocycles. The van der Waals surface area contributed by atoms with E-state index in [9.17, 15) is 14.4 Å². The number of carbonyl (C=O) groups excluding carboxylic acids is 2. The molecule has 2 aromatic rings. The summed E-state index contributed by atoms with van der Waals surface area (Å²) in [6.45, 7) is 4.58. The van der Waals surface area contributed by atoms with Crippen LogP contribution in [-0.2, 0) is 9.59 Å². The standard InChI is InChI=1S/C24H24N2O4.ClH/c1-18(27)25-14-16-26(17-15-25)22-10-8-21(9-11-22)23(28)12-6-19-2-4-20(5-3-19)7-13-24(29)30;/h2-13H,14-17H2,1H3,(H,29,30);1H. The summed E-state index contributed by atoms with van der Waals surface area (Å²) in [5.41, 5.74) is 3.29. The van der Waals surface area contributed by atoms with E-state index in [0.29, 0.717) is 18.7 Å². The van der Waals surface area contributed by atoms with Gasteiger partial charge in [0.05, 0.1) is 0 Å². The topological polar surface area (TPSA) is 77.9 Å². The molecule has 1 fully saturated rings. The molecular formula is C24H25ClN2O4. The van der Waals surface area contributed by atoms with E-state index in [1.807, 2.05) is 41.3 Å². The van der Waals surface area contributed by atoms with Crippen molar-refractivity contribution in [2.24, 2.45) is 0 Å². The van der Waals surface area contributed by atoms with Crippen LogP contribution in [0.2, 0.25) is 0 Å². The average Bonchev–Trinajstić information content (AvgIpc) is 2.77. The molecule has 0 aromatic heterocycles. The number of hydrogen-bond acceptors (Lipinski definition) is 4. The number of hydrogen-bond donors (Lipinski definition) is 1. The first kappa shape index (κ1) is 23.9. The third-order valence-corrected chi connectivity index (χ3v) is 5.02. The third kappa shape index (κ3) is 6.83. The minimum absolute atomic E-state index is 0. The second kappa shape index (κ2) is 11.1. The van der Waals surface area contributed by atoms with Gasteiger partial charge in [-0.3, -0.25) is 9.59 Å². The highest BCUT2D eigenvalue weighted by Crippen LogP contribution is 2.18. The molecule has 1 amide bonds. The zero-order valence-electron chi connectivity index (χ0n) is 17.2. The summed E-state index contributed by atoms with van der Waals surface area (Å²) in [5.74, 6) is -0.972. The number of piperazine rings is 1. The predicted molar refractivity (Wildman–Crippen MR) is 125 cm³/mol. The van der Waals surface area contributed by atoms with E-state index in [-0.39, 0.29) is 24.1 Å². The zero-order chi connectivity index (χ0) is 21.5. The Kier molecular flexibility index (Phi) is 8.58. The molecule has 162 valence electrons. The largest absolute Gasteiger partial charge is 0.478 e. The smallest absolute Gasteiger partial charge is 0.328 e. The van der Waals surface area contributed by atoms with Crippen molar-refractivity contribution in [3.05, 3.63) is 77.4 Å². The Labute approximate surface area is 187 Å². The number of ketones is 1. The van der Waals surface area contributed by atoms with Gasteiger partial charge in [0, 0.05) is 50.4 Å². The molecule has 7 heteroatoms. The van der Waals surface area contributed by atoms with Crippen molar-refractivity contribution in [2.75, 3.05) is 31.1 Å². The number of amides is 1. The fourth-order valence-corrected chi connectivity index (χ4v) is 3.27. The van der Waals surface area contributed by atoms with Crippen molar-refractivity contribution in [3.8, 4) is 0 Å². The highest BCUT2D eigenvalue weighted by molar-refractivity contribution is 6.07. The maximum atomic E-state index is 12.4. The molecule has 1 aliphatic rings. The Morgan fingerprint density at radius 1 is 0.806 bits per heavy atom. The summed E-state index contributed by atoms with van der Waals surface area (Å²) >= 11 is 0. The minimum atomic E-state index is -0.992. The molecule has 1 saturated heterocycles. The lowest BCUT2D eigenvalue weighted by Gasteiger charge is -2.35. The third-order valence-electron chi connectivity index (χ3n) is 5.02. The molecule has 0 radical (unpaired) electrons. The molecule has 0 atom stereocenters. The van der Waals surface area contributed by atoms with Gasteiger partial charge in [-0.2, -0.15) is 0 Å². The maximum Gasteiger partial charge on any atom is 0.328 e. The molecule has 0 aliphatic carbocycles. The second-order valence-electron chi connectivity index (χ2n) is 7.08. The molecule has 0 saturated carbocycles. The van der Waals surface area contributed by atoms with Crippen molar-refractivity contribution < 1.29 is 19.5 Å². The Balaban J connectivity index is 0.00000341. The number of benzene rings is 2. The van der Waals surface area contributed by atoms with Gasteiger partial charge in [0.15, 0.2) is 5.78 Å². The van der Waals surface area contributed by atoms with E-state index >= 15 is 0 Å². The van der Waals surface area contributed by atoms with Crippen LogP contribution in [0.4, 0.5) is 5.69 Å². The van der Waals surface area contributed by atoms with Gasteiger partial charge in [0.1, 0.15) is 0 Å². The molecule has 3 rings (SSSR count). The number of rotatable bonds is 6. The van der Waals surface area contributed by atoms with E-state index in [0.717, 1.165) is 36.0 Å². The Morgan fingerprint density at radius 3 is 1.81 bits per heavy atom. The van der Waals surface area contributed by atoms with E-state index in [1.165, 1.54) is 12.2 Å². The summed E-state index contributed by atoms with van der Waals surface area (Å²) in [4.78, 5) is 38.5. The van der Waals surface area contributed by atoms with Crippen molar-refractivity contribution in [3.63, 3.8) is 0 Å². The van der Waals surface area contributed by atoms with Gasteiger partial charge in [-0.25, -0.2) is 4.79 Å². The van der Waals surface area contributed by atoms with E-state index < -0.39 is 5.97 Å². The molecule has 31 heavy (non-hydrogen) atoms. The number of halogens is 1. The van der Waals surface area contributed by atoms with Gasteiger partial charge in [0.25, 0.3) is 0 Å². The SMILES string of the molecule is CC(=O)N1CCN(c2ccc(C(=O)C=Cc3ccc(C=CC(=O)O)cc3)cc2)CC1.Cl. The highest BCUT2D eigenvalue weighted by Gasteiger charge is 2.18. The van der Waals surface area contributed by atoms with Gasteiger partial charge in [0.2, 0.25) is 5.91 Å². The number of aliphatic carboxylic acids is 1. The van der Waals surface area contributed by atoms with Crippen LogP contribution in [0, 0.1) is 0 Å².